The van der Waals surface area contributed by atoms with Crippen molar-refractivity contribution in [2.45, 2.75) is 13.5 Å². The Bertz CT molecular complexity index is 1110. The van der Waals surface area contributed by atoms with Crippen LogP contribution in [0.2, 0.25) is 5.02 Å². The number of halogens is 1. The van der Waals surface area contributed by atoms with Gasteiger partial charge in [-0.3, -0.25) is 14.6 Å². The van der Waals surface area contributed by atoms with E-state index >= 15 is 0 Å². The van der Waals surface area contributed by atoms with E-state index in [9.17, 15) is 4.79 Å². The number of aromatic amines is 1. The van der Waals surface area contributed by atoms with Crippen molar-refractivity contribution < 1.29 is 4.79 Å². The van der Waals surface area contributed by atoms with Crippen LogP contribution in [0.25, 0.3) is 11.3 Å². The Labute approximate surface area is 167 Å². The number of nitrogens with one attached hydrogen (secondary N) is 2. The fourth-order valence-electron chi connectivity index (χ4n) is 2.82. The van der Waals surface area contributed by atoms with Crippen molar-refractivity contribution in [3.05, 3.63) is 88.8 Å². The molecule has 28 heavy (non-hydrogen) atoms. The molecule has 1 amide bonds. The number of nitrogens with zero attached hydrogens (tertiary/aromatic N) is 3. The summed E-state index contributed by atoms with van der Waals surface area (Å²) < 4.78 is 1.72. The standard InChI is InChI=1S/C21H18ClN5O/c1-14-6-8-15(9-7-14)19-10-20(26-25-19)21(28)24-17-11-23-27(13-17)12-16-4-2-3-5-18(16)22/h2-11,13H,12H2,1H3,(H,24,28)(H,25,26). The van der Waals surface area contributed by atoms with E-state index in [0.29, 0.717) is 22.9 Å². The highest BCUT2D eigenvalue weighted by molar-refractivity contribution is 6.31. The van der Waals surface area contributed by atoms with E-state index < -0.39 is 0 Å². The zero-order valence-corrected chi connectivity index (χ0v) is 15.9. The minimum Gasteiger partial charge on any atom is -0.318 e. The van der Waals surface area contributed by atoms with Crippen molar-refractivity contribution in [2.75, 3.05) is 5.32 Å². The highest BCUT2D eigenvalue weighted by Crippen LogP contribution is 2.19. The van der Waals surface area contributed by atoms with Gasteiger partial charge in [0, 0.05) is 16.8 Å². The van der Waals surface area contributed by atoms with Crippen LogP contribution in [0.15, 0.2) is 67.0 Å². The van der Waals surface area contributed by atoms with E-state index in [1.54, 1.807) is 23.1 Å². The maximum Gasteiger partial charge on any atom is 0.273 e. The third kappa shape index (κ3) is 3.97. The van der Waals surface area contributed by atoms with Gasteiger partial charge in [-0.25, -0.2) is 0 Å². The molecular formula is C21H18ClN5O. The van der Waals surface area contributed by atoms with Gasteiger partial charge < -0.3 is 5.32 Å². The van der Waals surface area contributed by atoms with Crippen LogP contribution in [0.5, 0.6) is 0 Å². The molecule has 0 saturated carbocycles. The molecule has 0 aliphatic rings. The van der Waals surface area contributed by atoms with E-state index in [2.05, 4.69) is 20.6 Å². The summed E-state index contributed by atoms with van der Waals surface area (Å²) in [6.07, 6.45) is 3.37. The van der Waals surface area contributed by atoms with Crippen LogP contribution in [0, 0.1) is 6.92 Å². The van der Waals surface area contributed by atoms with Crippen LogP contribution in [0.4, 0.5) is 5.69 Å². The first-order valence-corrected chi connectivity index (χ1v) is 9.16. The SMILES string of the molecule is Cc1ccc(-c2cc(C(=O)Nc3cnn(Cc4ccccc4Cl)c3)[nH]n2)cc1. The zero-order valence-electron chi connectivity index (χ0n) is 15.2. The maximum absolute atomic E-state index is 12.5. The van der Waals surface area contributed by atoms with Gasteiger partial charge in [0.1, 0.15) is 5.69 Å². The van der Waals surface area contributed by atoms with E-state index in [-0.39, 0.29) is 5.91 Å². The van der Waals surface area contributed by atoms with E-state index in [0.717, 1.165) is 16.8 Å². The van der Waals surface area contributed by atoms with Crippen LogP contribution in [0.1, 0.15) is 21.6 Å². The summed E-state index contributed by atoms with van der Waals surface area (Å²) in [5.74, 6) is -0.275. The number of carbonyl (C=O) groups is 1. The third-order valence-corrected chi connectivity index (χ3v) is 4.72. The Morgan fingerprint density at radius 2 is 1.96 bits per heavy atom. The molecule has 0 saturated heterocycles. The summed E-state index contributed by atoms with van der Waals surface area (Å²) in [6, 6.07) is 17.3. The molecule has 0 spiro atoms. The Morgan fingerprint density at radius 3 is 2.75 bits per heavy atom. The normalized spacial score (nSPS) is 10.8. The highest BCUT2D eigenvalue weighted by Gasteiger charge is 2.12. The molecule has 0 fully saturated rings. The van der Waals surface area contributed by atoms with Gasteiger partial charge in [0.15, 0.2) is 0 Å². The number of aromatic nitrogens is 4. The van der Waals surface area contributed by atoms with E-state index in [4.69, 9.17) is 11.6 Å². The number of rotatable bonds is 5. The topological polar surface area (TPSA) is 75.6 Å². The largest absolute Gasteiger partial charge is 0.318 e. The molecule has 2 aromatic heterocycles. The molecule has 0 bridgehead atoms. The average Bonchev–Trinajstić information content (AvgIpc) is 3.34. The summed E-state index contributed by atoms with van der Waals surface area (Å²) in [6.45, 7) is 2.55. The number of aryl methyl sites for hydroxylation is 1. The first kappa shape index (κ1) is 18.0. The fourth-order valence-corrected chi connectivity index (χ4v) is 3.02. The first-order valence-electron chi connectivity index (χ1n) is 8.78. The van der Waals surface area contributed by atoms with Crippen LogP contribution in [0.3, 0.4) is 0 Å². The van der Waals surface area contributed by atoms with Crippen LogP contribution in [-0.4, -0.2) is 25.9 Å². The van der Waals surface area contributed by atoms with Crippen molar-refractivity contribution in [1.82, 2.24) is 20.0 Å². The number of hydrogen-bond donors (Lipinski definition) is 2. The molecule has 140 valence electrons. The number of anilines is 1. The Kier molecular flexibility index (Phi) is 4.95. The minimum absolute atomic E-state index is 0.275. The van der Waals surface area contributed by atoms with Gasteiger partial charge in [-0.2, -0.15) is 10.2 Å². The Morgan fingerprint density at radius 1 is 1.18 bits per heavy atom. The van der Waals surface area contributed by atoms with Crippen molar-refractivity contribution >= 4 is 23.2 Å². The molecule has 4 rings (SSSR count). The lowest BCUT2D eigenvalue weighted by molar-refractivity contribution is 0.102. The highest BCUT2D eigenvalue weighted by atomic mass is 35.5. The lowest BCUT2D eigenvalue weighted by Crippen LogP contribution is -2.11. The molecule has 4 aromatic rings. The van der Waals surface area contributed by atoms with Gasteiger partial charge in [0.25, 0.3) is 5.91 Å². The van der Waals surface area contributed by atoms with Crippen LogP contribution < -0.4 is 5.32 Å². The number of carbonyl (C=O) groups excluding carboxylic acids is 1. The second-order valence-electron chi connectivity index (χ2n) is 6.51. The number of hydrogen-bond acceptors (Lipinski definition) is 3. The van der Waals surface area contributed by atoms with E-state index in [1.807, 2.05) is 55.5 Å². The van der Waals surface area contributed by atoms with Gasteiger partial charge in [-0.05, 0) is 24.6 Å². The Balaban J connectivity index is 1.44. The molecule has 2 N–H and O–H groups in total. The maximum atomic E-state index is 12.5. The molecule has 2 aromatic carbocycles. The van der Waals surface area contributed by atoms with Crippen molar-refractivity contribution in [3.8, 4) is 11.3 Å². The van der Waals surface area contributed by atoms with Gasteiger partial charge >= 0.3 is 0 Å². The molecule has 0 aliphatic heterocycles. The summed E-state index contributed by atoms with van der Waals surface area (Å²) in [5.41, 5.74) is 4.79. The fraction of sp³-hybridized carbons (Fsp3) is 0.0952. The van der Waals surface area contributed by atoms with E-state index in [1.165, 1.54) is 5.56 Å². The molecule has 0 unspecified atom stereocenters. The van der Waals surface area contributed by atoms with Gasteiger partial charge in [0.2, 0.25) is 0 Å². The van der Waals surface area contributed by atoms with Crippen LogP contribution >= 0.6 is 11.6 Å². The second-order valence-corrected chi connectivity index (χ2v) is 6.91. The van der Waals surface area contributed by atoms with Gasteiger partial charge in [-0.1, -0.05) is 59.6 Å². The average molecular weight is 392 g/mol. The summed E-state index contributed by atoms with van der Waals surface area (Å²) >= 11 is 6.18. The summed E-state index contributed by atoms with van der Waals surface area (Å²) in [7, 11) is 0. The summed E-state index contributed by atoms with van der Waals surface area (Å²) in [5, 5.41) is 14.8. The molecule has 6 nitrogen and oxygen atoms in total. The first-order chi connectivity index (χ1) is 13.6. The van der Waals surface area contributed by atoms with Crippen LogP contribution in [-0.2, 0) is 6.54 Å². The van der Waals surface area contributed by atoms with Gasteiger partial charge in [-0.15, -0.1) is 0 Å². The third-order valence-electron chi connectivity index (χ3n) is 4.35. The molecule has 0 radical (unpaired) electrons. The number of benzene rings is 2. The molecule has 0 aliphatic carbocycles. The van der Waals surface area contributed by atoms with Crippen molar-refractivity contribution in [2.24, 2.45) is 0 Å². The molecule has 2 heterocycles. The second kappa shape index (κ2) is 7.70. The monoisotopic (exact) mass is 391 g/mol. The van der Waals surface area contributed by atoms with Crippen molar-refractivity contribution in [1.29, 1.82) is 0 Å². The number of amides is 1. The Hall–Kier alpha value is -3.38. The molecular weight excluding hydrogens is 374 g/mol. The van der Waals surface area contributed by atoms with Gasteiger partial charge in [0.05, 0.1) is 24.1 Å². The zero-order chi connectivity index (χ0) is 19.5. The smallest absolute Gasteiger partial charge is 0.273 e. The predicted molar refractivity (Wildman–Crippen MR) is 109 cm³/mol. The quantitative estimate of drug-likeness (QED) is 0.524. The lowest BCUT2D eigenvalue weighted by atomic mass is 10.1. The minimum atomic E-state index is -0.275. The molecule has 0 atom stereocenters. The lowest BCUT2D eigenvalue weighted by Gasteiger charge is -2.04. The number of H-pyrrole nitrogens is 1. The predicted octanol–water partition coefficient (Wildman–Crippen LogP) is 4.54. The van der Waals surface area contributed by atoms with Crippen molar-refractivity contribution in [3.63, 3.8) is 0 Å². The molecule has 7 heteroatoms. The summed E-state index contributed by atoms with van der Waals surface area (Å²) in [4.78, 5) is 12.5.